The number of amides is 2. The second-order valence-corrected chi connectivity index (χ2v) is 8.15. The Hall–Kier alpha value is -4.22. The standard InChI is InChI=1S/C26H34N2O10/c1-17(35-19-7-9-21(31-3)23(15-19)33-5)37-25(29)27-11-13-28(14-12-27)26(30)38-18(2)36-20-8-10-22(32-4)24(16-20)34-6/h7-10,15-18H,11-14H2,1-6H3/t17-,18-/m1/s1. The molecule has 0 N–H and O–H groups in total. The van der Waals surface area contributed by atoms with Crippen molar-refractivity contribution < 1.29 is 47.5 Å². The highest BCUT2D eigenvalue weighted by molar-refractivity contribution is 5.70. The molecule has 1 aliphatic rings. The number of piperazine rings is 1. The molecule has 2 aromatic carbocycles. The number of ether oxygens (including phenoxy) is 8. The molecule has 0 aromatic heterocycles. The van der Waals surface area contributed by atoms with Crippen molar-refractivity contribution in [1.82, 2.24) is 9.80 Å². The quantitative estimate of drug-likeness (QED) is 0.417. The zero-order valence-electron chi connectivity index (χ0n) is 22.4. The molecule has 2 amide bonds. The fourth-order valence-electron chi connectivity index (χ4n) is 3.72. The van der Waals surface area contributed by atoms with Crippen LogP contribution in [0.1, 0.15) is 13.8 Å². The number of benzene rings is 2. The van der Waals surface area contributed by atoms with Crippen molar-refractivity contribution in [3.63, 3.8) is 0 Å². The second-order valence-electron chi connectivity index (χ2n) is 8.15. The van der Waals surface area contributed by atoms with Gasteiger partial charge in [0.1, 0.15) is 11.5 Å². The van der Waals surface area contributed by atoms with Gasteiger partial charge in [-0.2, -0.15) is 0 Å². The number of hydrogen-bond donors (Lipinski definition) is 0. The highest BCUT2D eigenvalue weighted by Gasteiger charge is 2.28. The first kappa shape index (κ1) is 28.4. The van der Waals surface area contributed by atoms with Gasteiger partial charge in [0.2, 0.25) is 12.6 Å². The summed E-state index contributed by atoms with van der Waals surface area (Å²) in [5.74, 6) is 3.02. The molecule has 1 saturated heterocycles. The minimum atomic E-state index is -0.849. The summed E-state index contributed by atoms with van der Waals surface area (Å²) in [6, 6.07) is 10.0. The van der Waals surface area contributed by atoms with Crippen LogP contribution in [0.25, 0.3) is 0 Å². The molecule has 2 aromatic rings. The Bertz CT molecular complexity index is 1000. The Morgan fingerprint density at radius 2 is 0.947 bits per heavy atom. The van der Waals surface area contributed by atoms with Gasteiger partial charge in [-0.25, -0.2) is 9.59 Å². The first-order chi connectivity index (χ1) is 18.3. The average molecular weight is 535 g/mol. The molecule has 0 spiro atoms. The Kier molecular flexibility index (Phi) is 9.97. The second kappa shape index (κ2) is 13.4. The van der Waals surface area contributed by atoms with Crippen LogP contribution < -0.4 is 28.4 Å². The SMILES string of the molecule is COc1ccc(O[C@@H](C)OC(=O)N2CCN(C(=O)O[C@H](C)Oc3ccc(OC)c(OC)c3)CC2)cc1OC. The Morgan fingerprint density at radius 3 is 1.26 bits per heavy atom. The van der Waals surface area contributed by atoms with Gasteiger partial charge in [-0.1, -0.05) is 0 Å². The fraction of sp³-hybridized carbons (Fsp3) is 0.462. The molecule has 0 bridgehead atoms. The van der Waals surface area contributed by atoms with Crippen LogP contribution in [-0.4, -0.2) is 89.2 Å². The molecule has 0 unspecified atom stereocenters. The third kappa shape index (κ3) is 7.40. The first-order valence-electron chi connectivity index (χ1n) is 12.0. The molecule has 2 atom stereocenters. The number of carbonyl (C=O) groups is 2. The molecule has 0 saturated carbocycles. The summed E-state index contributed by atoms with van der Waals surface area (Å²) in [4.78, 5) is 28.2. The van der Waals surface area contributed by atoms with Gasteiger partial charge >= 0.3 is 12.2 Å². The van der Waals surface area contributed by atoms with Crippen LogP contribution in [0, 0.1) is 0 Å². The van der Waals surface area contributed by atoms with E-state index in [2.05, 4.69) is 0 Å². The number of hydrogen-bond acceptors (Lipinski definition) is 10. The van der Waals surface area contributed by atoms with Gasteiger partial charge in [0.15, 0.2) is 23.0 Å². The van der Waals surface area contributed by atoms with E-state index in [0.29, 0.717) is 34.5 Å². The van der Waals surface area contributed by atoms with E-state index in [1.54, 1.807) is 50.2 Å². The van der Waals surface area contributed by atoms with Gasteiger partial charge in [0, 0.05) is 52.2 Å². The Balaban J connectivity index is 1.43. The third-order valence-corrected chi connectivity index (χ3v) is 5.64. The lowest BCUT2D eigenvalue weighted by Crippen LogP contribution is -2.51. The average Bonchev–Trinajstić information content (AvgIpc) is 2.92. The molecule has 1 aliphatic heterocycles. The van der Waals surface area contributed by atoms with Crippen LogP contribution in [0.3, 0.4) is 0 Å². The van der Waals surface area contributed by atoms with Gasteiger partial charge < -0.3 is 47.7 Å². The molecule has 38 heavy (non-hydrogen) atoms. The van der Waals surface area contributed by atoms with Crippen LogP contribution in [0.5, 0.6) is 34.5 Å². The maximum atomic E-state index is 12.6. The van der Waals surface area contributed by atoms with Crippen LogP contribution in [0.15, 0.2) is 36.4 Å². The normalized spacial score (nSPS) is 14.6. The number of nitrogens with zero attached hydrogens (tertiary/aromatic N) is 2. The van der Waals surface area contributed by atoms with Crippen LogP contribution in [0.2, 0.25) is 0 Å². The summed E-state index contributed by atoms with van der Waals surface area (Å²) >= 11 is 0. The smallest absolute Gasteiger partial charge is 0.412 e. The lowest BCUT2D eigenvalue weighted by atomic mass is 10.3. The summed E-state index contributed by atoms with van der Waals surface area (Å²) in [6.45, 7) is 4.34. The highest BCUT2D eigenvalue weighted by Crippen LogP contribution is 2.32. The maximum Gasteiger partial charge on any atom is 0.412 e. The molecule has 3 rings (SSSR count). The number of carbonyl (C=O) groups excluding carboxylic acids is 2. The molecule has 1 fully saturated rings. The topological polar surface area (TPSA) is 114 Å². The number of rotatable bonds is 10. The van der Waals surface area contributed by atoms with E-state index in [1.807, 2.05) is 0 Å². The van der Waals surface area contributed by atoms with Crippen molar-refractivity contribution in [1.29, 1.82) is 0 Å². The van der Waals surface area contributed by atoms with Crippen molar-refractivity contribution in [2.75, 3.05) is 54.6 Å². The lowest BCUT2D eigenvalue weighted by Gasteiger charge is -2.34. The largest absolute Gasteiger partial charge is 0.493 e. The summed E-state index contributed by atoms with van der Waals surface area (Å²) < 4.78 is 43.1. The minimum Gasteiger partial charge on any atom is -0.493 e. The number of methoxy groups -OCH3 is 4. The Labute approximate surface area is 221 Å². The summed E-state index contributed by atoms with van der Waals surface area (Å²) in [5, 5.41) is 0. The van der Waals surface area contributed by atoms with Crippen LogP contribution >= 0.6 is 0 Å². The lowest BCUT2D eigenvalue weighted by molar-refractivity contribution is -0.0480. The molecule has 12 nitrogen and oxygen atoms in total. The van der Waals surface area contributed by atoms with Crippen molar-refractivity contribution >= 4 is 12.2 Å². The molecular formula is C26H34N2O10. The molecule has 0 radical (unpaired) electrons. The summed E-state index contributed by atoms with van der Waals surface area (Å²) in [7, 11) is 6.12. The maximum absolute atomic E-state index is 12.6. The van der Waals surface area contributed by atoms with E-state index in [1.165, 1.54) is 38.2 Å². The van der Waals surface area contributed by atoms with Gasteiger partial charge in [0.25, 0.3) is 0 Å². The summed E-state index contributed by atoms with van der Waals surface area (Å²) in [5.41, 5.74) is 0. The third-order valence-electron chi connectivity index (χ3n) is 5.64. The van der Waals surface area contributed by atoms with E-state index in [0.717, 1.165) is 0 Å². The van der Waals surface area contributed by atoms with E-state index in [9.17, 15) is 9.59 Å². The zero-order valence-corrected chi connectivity index (χ0v) is 22.4. The van der Waals surface area contributed by atoms with Gasteiger partial charge in [0.05, 0.1) is 28.4 Å². The van der Waals surface area contributed by atoms with Gasteiger partial charge in [-0.05, 0) is 24.3 Å². The summed E-state index contributed by atoms with van der Waals surface area (Å²) in [6.07, 6.45) is -2.79. The molecule has 12 heteroatoms. The van der Waals surface area contributed by atoms with E-state index in [4.69, 9.17) is 37.9 Å². The van der Waals surface area contributed by atoms with Crippen LogP contribution in [-0.2, 0) is 9.47 Å². The molecule has 208 valence electrons. The monoisotopic (exact) mass is 534 g/mol. The van der Waals surface area contributed by atoms with Crippen molar-refractivity contribution in [2.45, 2.75) is 26.4 Å². The molecule has 0 aliphatic carbocycles. The molecular weight excluding hydrogens is 500 g/mol. The van der Waals surface area contributed by atoms with Crippen molar-refractivity contribution in [2.24, 2.45) is 0 Å². The van der Waals surface area contributed by atoms with Gasteiger partial charge in [-0.3, -0.25) is 0 Å². The Morgan fingerprint density at radius 1 is 0.605 bits per heavy atom. The van der Waals surface area contributed by atoms with Gasteiger partial charge in [-0.15, -0.1) is 0 Å². The predicted molar refractivity (Wildman–Crippen MR) is 135 cm³/mol. The van der Waals surface area contributed by atoms with E-state index >= 15 is 0 Å². The fourth-order valence-corrected chi connectivity index (χ4v) is 3.72. The van der Waals surface area contributed by atoms with Crippen molar-refractivity contribution in [3.8, 4) is 34.5 Å². The zero-order chi connectivity index (χ0) is 27.7. The highest BCUT2D eigenvalue weighted by atomic mass is 16.7. The van der Waals surface area contributed by atoms with E-state index in [-0.39, 0.29) is 26.2 Å². The predicted octanol–water partition coefficient (Wildman–Crippen LogP) is 3.76. The van der Waals surface area contributed by atoms with Crippen LogP contribution in [0.4, 0.5) is 9.59 Å². The first-order valence-corrected chi connectivity index (χ1v) is 12.0. The molecule has 1 heterocycles. The minimum absolute atomic E-state index is 0.280. The van der Waals surface area contributed by atoms with Crippen molar-refractivity contribution in [3.05, 3.63) is 36.4 Å². The van der Waals surface area contributed by atoms with E-state index < -0.39 is 24.8 Å².